The number of hydrogen-bond acceptors (Lipinski definition) is 4. The van der Waals surface area contributed by atoms with Crippen LogP contribution >= 0.6 is 15.9 Å². The summed E-state index contributed by atoms with van der Waals surface area (Å²) in [6.07, 6.45) is 5.05. The zero-order chi connectivity index (χ0) is 16.1. The molecular formula is C15H18BrFN4O2. The summed E-state index contributed by atoms with van der Waals surface area (Å²) in [5, 5.41) is 9.35. The van der Waals surface area contributed by atoms with Gasteiger partial charge in [0.25, 0.3) is 0 Å². The Bertz CT molecular complexity index is 612. The van der Waals surface area contributed by atoms with E-state index >= 15 is 4.39 Å². The number of halogens is 2. The average Bonchev–Trinajstić information content (AvgIpc) is 3.28. The molecule has 8 heteroatoms. The van der Waals surface area contributed by atoms with Gasteiger partial charge in [-0.05, 0) is 48.0 Å². The van der Waals surface area contributed by atoms with Crippen LogP contribution in [0.3, 0.4) is 0 Å². The number of hydrogen-bond donors (Lipinski definition) is 1. The normalized spacial score (nSPS) is 32.9. The summed E-state index contributed by atoms with van der Waals surface area (Å²) >= 11 is 3.27. The molecule has 1 aromatic rings. The molecule has 6 nitrogen and oxygen atoms in total. The summed E-state index contributed by atoms with van der Waals surface area (Å²) in [6.45, 7) is 0. The fourth-order valence-corrected chi connectivity index (χ4v) is 4.31. The van der Waals surface area contributed by atoms with Gasteiger partial charge in [-0.3, -0.25) is 4.90 Å². The summed E-state index contributed by atoms with van der Waals surface area (Å²) in [5.74, 6) is 0.687. The maximum Gasteiger partial charge on any atom is 0.407 e. The second-order valence-corrected chi connectivity index (χ2v) is 7.38. The number of carboxylic acid groups (broad SMARTS) is 1. The molecule has 4 atom stereocenters. The second-order valence-electron chi connectivity index (χ2n) is 6.57. The van der Waals surface area contributed by atoms with Crippen molar-refractivity contribution in [2.24, 2.45) is 0 Å². The molecular weight excluding hydrogens is 367 g/mol. The van der Waals surface area contributed by atoms with Crippen LogP contribution in [0.15, 0.2) is 17.0 Å². The first-order valence-electron chi connectivity index (χ1n) is 7.97. The SMILES string of the molecule is O=C(O)N1[C@@H]2CC[C@H]1[C@H](F)[C@H](N(c1cnc(Br)cn1)C1CC1)C2. The molecule has 3 fully saturated rings. The lowest BCUT2D eigenvalue weighted by atomic mass is 9.94. The zero-order valence-electron chi connectivity index (χ0n) is 12.5. The van der Waals surface area contributed by atoms with Gasteiger partial charge in [0.05, 0.1) is 24.5 Å². The summed E-state index contributed by atoms with van der Waals surface area (Å²) < 4.78 is 15.8. The van der Waals surface area contributed by atoms with Gasteiger partial charge in [0.15, 0.2) is 0 Å². The minimum Gasteiger partial charge on any atom is -0.465 e. The lowest BCUT2D eigenvalue weighted by Gasteiger charge is -2.44. The van der Waals surface area contributed by atoms with Crippen molar-refractivity contribution in [3.05, 3.63) is 17.0 Å². The highest BCUT2D eigenvalue weighted by atomic mass is 79.9. The zero-order valence-corrected chi connectivity index (χ0v) is 14.1. The van der Waals surface area contributed by atoms with Gasteiger partial charge in [-0.2, -0.15) is 0 Å². The Morgan fingerprint density at radius 3 is 2.70 bits per heavy atom. The van der Waals surface area contributed by atoms with Gasteiger partial charge in [0.1, 0.15) is 16.6 Å². The van der Waals surface area contributed by atoms with Crippen molar-refractivity contribution in [1.29, 1.82) is 0 Å². The largest absolute Gasteiger partial charge is 0.465 e. The van der Waals surface area contributed by atoms with E-state index in [-0.39, 0.29) is 12.1 Å². The Morgan fingerprint density at radius 1 is 1.30 bits per heavy atom. The van der Waals surface area contributed by atoms with Gasteiger partial charge in [-0.1, -0.05) is 0 Å². The summed E-state index contributed by atoms with van der Waals surface area (Å²) in [4.78, 5) is 23.4. The van der Waals surface area contributed by atoms with E-state index < -0.39 is 18.3 Å². The van der Waals surface area contributed by atoms with Gasteiger partial charge in [0, 0.05) is 12.1 Å². The Labute approximate surface area is 141 Å². The van der Waals surface area contributed by atoms with Crippen LogP contribution in [0.25, 0.3) is 0 Å². The molecule has 0 unspecified atom stereocenters. The Hall–Kier alpha value is -1.44. The van der Waals surface area contributed by atoms with Crippen molar-refractivity contribution < 1.29 is 14.3 Å². The van der Waals surface area contributed by atoms with E-state index in [2.05, 4.69) is 30.8 Å². The predicted molar refractivity (Wildman–Crippen MR) is 85.2 cm³/mol. The average molecular weight is 385 g/mol. The van der Waals surface area contributed by atoms with Crippen LogP contribution in [0, 0.1) is 0 Å². The van der Waals surface area contributed by atoms with Crippen molar-refractivity contribution in [3.63, 3.8) is 0 Å². The van der Waals surface area contributed by atoms with E-state index in [4.69, 9.17) is 0 Å². The Balaban J connectivity index is 1.63. The molecule has 1 saturated carbocycles. The molecule has 1 amide bonds. The number of carbonyl (C=O) groups is 1. The lowest BCUT2D eigenvalue weighted by molar-refractivity contribution is 0.0475. The molecule has 2 aliphatic heterocycles. The summed E-state index contributed by atoms with van der Waals surface area (Å²) in [7, 11) is 0. The smallest absolute Gasteiger partial charge is 0.407 e. The van der Waals surface area contributed by atoms with Crippen LogP contribution in [0.2, 0.25) is 0 Å². The van der Waals surface area contributed by atoms with Crippen molar-refractivity contribution in [3.8, 4) is 0 Å². The Morgan fingerprint density at radius 2 is 2.09 bits per heavy atom. The molecule has 1 aromatic heterocycles. The standard InChI is InChI=1S/C15H18BrFN4O2/c16-12-6-19-13(7-18-12)20(8-1-2-8)11-5-9-3-4-10(14(11)17)21(9)15(22)23/h6-11,14H,1-5H2,(H,22,23)/t9-,10+,11-,14+/m1/s1. The van der Waals surface area contributed by atoms with Gasteiger partial charge in [0.2, 0.25) is 0 Å². The highest BCUT2D eigenvalue weighted by Crippen LogP contribution is 2.43. The molecule has 124 valence electrons. The quantitative estimate of drug-likeness (QED) is 0.867. The molecule has 1 aliphatic carbocycles. The van der Waals surface area contributed by atoms with Crippen LogP contribution < -0.4 is 4.90 Å². The monoisotopic (exact) mass is 384 g/mol. The molecule has 23 heavy (non-hydrogen) atoms. The molecule has 3 aliphatic rings. The fraction of sp³-hybridized carbons (Fsp3) is 0.667. The van der Waals surface area contributed by atoms with Crippen molar-refractivity contribution in [2.75, 3.05) is 4.90 Å². The molecule has 3 heterocycles. The summed E-state index contributed by atoms with van der Waals surface area (Å²) in [5.41, 5.74) is 0. The highest BCUT2D eigenvalue weighted by Gasteiger charge is 2.53. The van der Waals surface area contributed by atoms with E-state index in [1.807, 2.05) is 0 Å². The lowest BCUT2D eigenvalue weighted by Crippen LogP contribution is -2.60. The molecule has 2 bridgehead atoms. The van der Waals surface area contributed by atoms with Crippen LogP contribution in [0.4, 0.5) is 15.0 Å². The van der Waals surface area contributed by atoms with E-state index in [0.29, 0.717) is 29.3 Å². The minimum atomic E-state index is -1.18. The molecule has 1 N–H and O–H groups in total. The van der Waals surface area contributed by atoms with Gasteiger partial charge in [-0.15, -0.1) is 0 Å². The summed E-state index contributed by atoms with van der Waals surface area (Å²) in [6, 6.07) is -0.629. The van der Waals surface area contributed by atoms with E-state index in [0.717, 1.165) is 19.3 Å². The number of alkyl halides is 1. The minimum absolute atomic E-state index is 0.0841. The highest BCUT2D eigenvalue weighted by molar-refractivity contribution is 9.10. The van der Waals surface area contributed by atoms with Crippen molar-refractivity contribution >= 4 is 27.8 Å². The first kappa shape index (κ1) is 15.1. The number of anilines is 1. The third kappa shape index (κ3) is 2.56. The van der Waals surface area contributed by atoms with E-state index in [9.17, 15) is 9.90 Å². The number of amides is 1. The first-order chi connectivity index (χ1) is 11.1. The van der Waals surface area contributed by atoms with Crippen LogP contribution in [0.5, 0.6) is 0 Å². The molecule has 0 spiro atoms. The second kappa shape index (κ2) is 5.58. The number of fused-ring (bicyclic) bond motifs is 2. The molecule has 2 saturated heterocycles. The fourth-order valence-electron chi connectivity index (χ4n) is 4.11. The van der Waals surface area contributed by atoms with E-state index in [1.54, 1.807) is 12.4 Å². The molecule has 0 aromatic carbocycles. The molecule has 0 radical (unpaired) electrons. The number of nitrogens with zero attached hydrogens (tertiary/aromatic N) is 4. The number of aromatic nitrogens is 2. The van der Waals surface area contributed by atoms with Crippen molar-refractivity contribution in [1.82, 2.24) is 14.9 Å². The van der Waals surface area contributed by atoms with Crippen LogP contribution in [-0.2, 0) is 0 Å². The van der Waals surface area contributed by atoms with Gasteiger partial charge < -0.3 is 10.0 Å². The Kier molecular flexibility index (Phi) is 3.66. The van der Waals surface area contributed by atoms with Crippen LogP contribution in [-0.4, -0.2) is 56.4 Å². The third-order valence-electron chi connectivity index (χ3n) is 5.18. The number of piperidine rings is 1. The maximum absolute atomic E-state index is 15.1. The van der Waals surface area contributed by atoms with E-state index in [1.165, 1.54) is 4.90 Å². The van der Waals surface area contributed by atoms with Crippen LogP contribution in [0.1, 0.15) is 32.1 Å². The maximum atomic E-state index is 15.1. The van der Waals surface area contributed by atoms with Gasteiger partial charge in [-0.25, -0.2) is 19.2 Å². The van der Waals surface area contributed by atoms with Crippen molar-refractivity contribution in [2.45, 2.75) is 62.4 Å². The topological polar surface area (TPSA) is 69.6 Å². The predicted octanol–water partition coefficient (Wildman–Crippen LogP) is 2.83. The number of rotatable bonds is 3. The van der Waals surface area contributed by atoms with Gasteiger partial charge >= 0.3 is 6.09 Å². The first-order valence-corrected chi connectivity index (χ1v) is 8.77. The third-order valence-corrected chi connectivity index (χ3v) is 5.59. The molecule has 4 rings (SSSR count).